The van der Waals surface area contributed by atoms with Crippen molar-refractivity contribution in [2.24, 2.45) is 4.99 Å². The molecule has 2 heterocycles. The lowest BCUT2D eigenvalue weighted by molar-refractivity contribution is 0.0963. The number of aromatic nitrogens is 1. The Kier molecular flexibility index (Phi) is 8.06. The zero-order valence-electron chi connectivity index (χ0n) is 17.9. The molecule has 2 aromatic rings. The molecule has 30 heavy (non-hydrogen) atoms. The molecule has 0 unspecified atom stereocenters. The summed E-state index contributed by atoms with van der Waals surface area (Å²) >= 11 is 0. The number of rotatable bonds is 7. The second-order valence-corrected chi connectivity index (χ2v) is 7.38. The third-order valence-corrected chi connectivity index (χ3v) is 5.24. The van der Waals surface area contributed by atoms with E-state index in [1.54, 1.807) is 7.05 Å². The number of guanidine groups is 1. The van der Waals surface area contributed by atoms with E-state index in [9.17, 15) is 4.79 Å². The Hall–Kier alpha value is -3.09. The summed E-state index contributed by atoms with van der Waals surface area (Å²) in [5.74, 6) is 1.85. The van der Waals surface area contributed by atoms with Crippen LogP contribution in [0.15, 0.2) is 53.7 Å². The van der Waals surface area contributed by atoms with E-state index in [2.05, 4.69) is 38.8 Å². The average Bonchev–Trinajstić information content (AvgIpc) is 2.80. The predicted octanol–water partition coefficient (Wildman–Crippen LogP) is 2.21. The Labute approximate surface area is 179 Å². The standard InChI is InChI=1S/C23H32N6O/c1-3-25-23(27-14-10-18-7-6-8-19(17-18)22(30)24-2)28-20-11-15-29(16-12-20)21-9-4-5-13-26-21/h4-9,13,17,20H,3,10-12,14-16H2,1-2H3,(H,24,30)(H2,25,27,28). The van der Waals surface area contributed by atoms with E-state index in [1.807, 2.05) is 42.6 Å². The lowest BCUT2D eigenvalue weighted by Crippen LogP contribution is -2.49. The highest BCUT2D eigenvalue weighted by Crippen LogP contribution is 2.17. The molecule has 3 rings (SSSR count). The quantitative estimate of drug-likeness (QED) is 0.483. The molecule has 7 heteroatoms. The van der Waals surface area contributed by atoms with E-state index < -0.39 is 0 Å². The van der Waals surface area contributed by atoms with Crippen molar-refractivity contribution in [2.75, 3.05) is 38.1 Å². The summed E-state index contributed by atoms with van der Waals surface area (Å²) < 4.78 is 0. The fraction of sp³-hybridized carbons (Fsp3) is 0.435. The van der Waals surface area contributed by atoms with Gasteiger partial charge < -0.3 is 20.9 Å². The molecular formula is C23H32N6O. The first-order valence-electron chi connectivity index (χ1n) is 10.7. The molecule has 0 atom stereocenters. The Bertz CT molecular complexity index is 831. The van der Waals surface area contributed by atoms with Gasteiger partial charge in [-0.15, -0.1) is 0 Å². The Balaban J connectivity index is 1.51. The Morgan fingerprint density at radius 1 is 1.20 bits per heavy atom. The first-order valence-corrected chi connectivity index (χ1v) is 10.7. The first-order chi connectivity index (χ1) is 14.7. The van der Waals surface area contributed by atoms with Crippen LogP contribution in [-0.2, 0) is 6.42 Å². The predicted molar refractivity (Wildman–Crippen MR) is 122 cm³/mol. The molecule has 7 nitrogen and oxygen atoms in total. The SMILES string of the molecule is CCNC(=NCCc1cccc(C(=O)NC)c1)NC1CCN(c2ccccn2)CC1. The van der Waals surface area contributed by atoms with Crippen LogP contribution in [0.25, 0.3) is 0 Å². The summed E-state index contributed by atoms with van der Waals surface area (Å²) in [5.41, 5.74) is 1.79. The number of carbonyl (C=O) groups excluding carboxylic acids is 1. The van der Waals surface area contributed by atoms with Crippen LogP contribution in [0.3, 0.4) is 0 Å². The number of carbonyl (C=O) groups is 1. The van der Waals surface area contributed by atoms with Crippen molar-refractivity contribution >= 4 is 17.7 Å². The number of aliphatic imine (C=N–C) groups is 1. The van der Waals surface area contributed by atoms with Crippen LogP contribution in [0.5, 0.6) is 0 Å². The molecule has 1 amide bonds. The molecule has 0 aliphatic carbocycles. The summed E-state index contributed by atoms with van der Waals surface area (Å²) in [4.78, 5) is 23.3. The molecule has 1 aromatic heterocycles. The molecule has 0 spiro atoms. The molecule has 1 aliphatic heterocycles. The van der Waals surface area contributed by atoms with Crippen LogP contribution in [0, 0.1) is 0 Å². The number of anilines is 1. The van der Waals surface area contributed by atoms with Crippen LogP contribution in [-0.4, -0.2) is 56.1 Å². The van der Waals surface area contributed by atoms with Crippen molar-refractivity contribution in [1.82, 2.24) is 20.9 Å². The number of hydrogen-bond acceptors (Lipinski definition) is 4. The molecule has 1 saturated heterocycles. The molecular weight excluding hydrogens is 376 g/mol. The van der Waals surface area contributed by atoms with E-state index in [-0.39, 0.29) is 5.91 Å². The minimum Gasteiger partial charge on any atom is -0.357 e. The van der Waals surface area contributed by atoms with Gasteiger partial charge in [-0.25, -0.2) is 4.98 Å². The van der Waals surface area contributed by atoms with Crippen LogP contribution in [0.2, 0.25) is 0 Å². The number of nitrogens with one attached hydrogen (secondary N) is 3. The van der Waals surface area contributed by atoms with Crippen molar-refractivity contribution in [2.45, 2.75) is 32.2 Å². The van der Waals surface area contributed by atoms with Gasteiger partial charge in [0.05, 0.1) is 0 Å². The van der Waals surface area contributed by atoms with Crippen LogP contribution in [0.1, 0.15) is 35.7 Å². The van der Waals surface area contributed by atoms with Crippen molar-refractivity contribution in [3.05, 3.63) is 59.8 Å². The highest BCUT2D eigenvalue weighted by molar-refractivity contribution is 5.94. The normalized spacial score (nSPS) is 15.0. The van der Waals surface area contributed by atoms with Gasteiger partial charge in [-0.3, -0.25) is 9.79 Å². The maximum Gasteiger partial charge on any atom is 0.251 e. The van der Waals surface area contributed by atoms with Crippen LogP contribution < -0.4 is 20.9 Å². The van der Waals surface area contributed by atoms with E-state index in [4.69, 9.17) is 4.99 Å². The Morgan fingerprint density at radius 3 is 2.73 bits per heavy atom. The molecule has 0 saturated carbocycles. The molecule has 0 radical (unpaired) electrons. The number of amides is 1. The van der Waals surface area contributed by atoms with E-state index >= 15 is 0 Å². The highest BCUT2D eigenvalue weighted by atomic mass is 16.1. The minimum atomic E-state index is -0.0626. The van der Waals surface area contributed by atoms with E-state index in [1.165, 1.54) is 0 Å². The Morgan fingerprint density at radius 2 is 2.03 bits per heavy atom. The van der Waals surface area contributed by atoms with Crippen molar-refractivity contribution < 1.29 is 4.79 Å². The van der Waals surface area contributed by atoms with Crippen molar-refractivity contribution in [3.63, 3.8) is 0 Å². The zero-order chi connectivity index (χ0) is 21.2. The zero-order valence-corrected chi connectivity index (χ0v) is 17.9. The lowest BCUT2D eigenvalue weighted by Gasteiger charge is -2.33. The molecule has 1 aliphatic rings. The second kappa shape index (κ2) is 11.2. The molecule has 1 aromatic carbocycles. The van der Waals surface area contributed by atoms with E-state index in [0.29, 0.717) is 18.2 Å². The van der Waals surface area contributed by atoms with Gasteiger partial charge in [-0.05, 0) is 56.0 Å². The number of benzene rings is 1. The topological polar surface area (TPSA) is 81.6 Å². The number of nitrogens with zero attached hydrogens (tertiary/aromatic N) is 3. The highest BCUT2D eigenvalue weighted by Gasteiger charge is 2.20. The lowest BCUT2D eigenvalue weighted by atomic mass is 10.1. The third-order valence-electron chi connectivity index (χ3n) is 5.24. The second-order valence-electron chi connectivity index (χ2n) is 7.38. The average molecular weight is 409 g/mol. The summed E-state index contributed by atoms with van der Waals surface area (Å²) in [7, 11) is 1.65. The van der Waals surface area contributed by atoms with Crippen molar-refractivity contribution in [3.8, 4) is 0 Å². The van der Waals surface area contributed by atoms with Crippen molar-refractivity contribution in [1.29, 1.82) is 0 Å². The number of pyridine rings is 1. The number of piperidine rings is 1. The smallest absolute Gasteiger partial charge is 0.251 e. The van der Waals surface area contributed by atoms with Gasteiger partial charge in [0.25, 0.3) is 5.91 Å². The summed E-state index contributed by atoms with van der Waals surface area (Å²) in [6.45, 7) is 5.54. The maximum atomic E-state index is 11.8. The summed E-state index contributed by atoms with van der Waals surface area (Å²) in [6.07, 6.45) is 4.74. The van der Waals surface area contributed by atoms with Gasteiger partial charge >= 0.3 is 0 Å². The van der Waals surface area contributed by atoms with Gasteiger partial charge in [-0.1, -0.05) is 18.2 Å². The van der Waals surface area contributed by atoms with Gasteiger partial charge in [-0.2, -0.15) is 0 Å². The minimum absolute atomic E-state index is 0.0626. The van der Waals surface area contributed by atoms with Crippen LogP contribution in [0.4, 0.5) is 5.82 Å². The summed E-state index contributed by atoms with van der Waals surface area (Å²) in [6, 6.07) is 14.2. The molecule has 3 N–H and O–H groups in total. The maximum absolute atomic E-state index is 11.8. The molecule has 0 bridgehead atoms. The van der Waals surface area contributed by atoms with Gasteiger partial charge in [0.2, 0.25) is 0 Å². The van der Waals surface area contributed by atoms with E-state index in [0.717, 1.165) is 56.2 Å². The van der Waals surface area contributed by atoms with Crippen LogP contribution >= 0.6 is 0 Å². The summed E-state index contributed by atoms with van der Waals surface area (Å²) in [5, 5.41) is 9.59. The van der Waals surface area contributed by atoms with Gasteiger partial charge in [0.15, 0.2) is 5.96 Å². The monoisotopic (exact) mass is 408 g/mol. The third kappa shape index (κ3) is 6.20. The van der Waals surface area contributed by atoms with Gasteiger partial charge in [0, 0.05) is 51.0 Å². The fourth-order valence-corrected chi connectivity index (χ4v) is 3.62. The van der Waals surface area contributed by atoms with Gasteiger partial charge in [0.1, 0.15) is 5.82 Å². The molecule has 160 valence electrons. The largest absolute Gasteiger partial charge is 0.357 e. The fourth-order valence-electron chi connectivity index (χ4n) is 3.62. The number of hydrogen-bond donors (Lipinski definition) is 3. The first kappa shape index (κ1) is 21.6. The molecule has 1 fully saturated rings.